The molecule has 1 aliphatic carbocycles. The lowest BCUT2D eigenvalue weighted by atomic mass is 10.2. The van der Waals surface area contributed by atoms with E-state index in [1.54, 1.807) is 0 Å². The summed E-state index contributed by atoms with van der Waals surface area (Å²) in [5, 5.41) is 0. The van der Waals surface area contributed by atoms with Gasteiger partial charge in [0, 0.05) is 10.4 Å². The van der Waals surface area contributed by atoms with Gasteiger partial charge in [-0.3, -0.25) is 4.79 Å². The molecule has 0 spiro atoms. The summed E-state index contributed by atoms with van der Waals surface area (Å²) in [6.45, 7) is 2.19. The normalized spacial score (nSPS) is 15.1. The van der Waals surface area contributed by atoms with Crippen molar-refractivity contribution in [1.82, 2.24) is 0 Å². The topological polar surface area (TPSA) is 26.3 Å². The Morgan fingerprint density at radius 1 is 1.53 bits per heavy atom. The molecule has 0 amide bonds. The Hall–Kier alpha value is -0.830. The Morgan fingerprint density at radius 3 is 2.87 bits per heavy atom. The molecule has 0 aromatic heterocycles. The lowest BCUT2D eigenvalue weighted by Gasteiger charge is -2.08. The van der Waals surface area contributed by atoms with Crippen molar-refractivity contribution < 1.29 is 9.53 Å². The third kappa shape index (κ3) is 2.81. The van der Waals surface area contributed by atoms with Crippen LogP contribution in [0.15, 0.2) is 22.7 Å². The van der Waals surface area contributed by atoms with E-state index in [4.69, 9.17) is 4.74 Å². The molecule has 0 bridgehead atoms. The Bertz CT molecular complexity index is 383. The summed E-state index contributed by atoms with van der Waals surface area (Å²) in [6, 6.07) is 5.79. The zero-order chi connectivity index (χ0) is 10.8. The van der Waals surface area contributed by atoms with Crippen molar-refractivity contribution in [3.05, 3.63) is 28.2 Å². The molecule has 0 atom stereocenters. The highest BCUT2D eigenvalue weighted by molar-refractivity contribution is 9.10. The van der Waals surface area contributed by atoms with Gasteiger partial charge in [-0.15, -0.1) is 0 Å². The van der Waals surface area contributed by atoms with Gasteiger partial charge in [-0.1, -0.05) is 15.9 Å². The molecule has 0 radical (unpaired) electrons. The number of Topliss-reactive ketones (excluding diaryl/α,β-unsaturated/α-hetero) is 1. The van der Waals surface area contributed by atoms with Crippen molar-refractivity contribution >= 4 is 21.7 Å². The van der Waals surface area contributed by atoms with Crippen molar-refractivity contribution in [1.29, 1.82) is 0 Å². The summed E-state index contributed by atoms with van der Waals surface area (Å²) in [6.07, 6.45) is 2.09. The minimum atomic E-state index is 0.215. The summed E-state index contributed by atoms with van der Waals surface area (Å²) >= 11 is 3.39. The van der Waals surface area contributed by atoms with E-state index in [0.29, 0.717) is 0 Å². The number of rotatable bonds is 4. The van der Waals surface area contributed by atoms with Gasteiger partial charge in [0.25, 0.3) is 0 Å². The molecule has 15 heavy (non-hydrogen) atoms. The predicted molar refractivity (Wildman–Crippen MR) is 62.1 cm³/mol. The Labute approximate surface area is 97.8 Å². The van der Waals surface area contributed by atoms with E-state index in [0.717, 1.165) is 28.6 Å². The number of hydrogen-bond donors (Lipinski definition) is 0. The minimum absolute atomic E-state index is 0.215. The maximum atomic E-state index is 11.4. The van der Waals surface area contributed by atoms with Crippen LogP contribution in [0, 0.1) is 12.8 Å². The molecule has 1 saturated carbocycles. The third-order valence-corrected chi connectivity index (χ3v) is 3.03. The van der Waals surface area contributed by atoms with E-state index in [-0.39, 0.29) is 18.3 Å². The number of ketones is 1. The van der Waals surface area contributed by atoms with Crippen LogP contribution in [0.4, 0.5) is 0 Å². The van der Waals surface area contributed by atoms with Crippen LogP contribution >= 0.6 is 15.9 Å². The minimum Gasteiger partial charge on any atom is -0.486 e. The monoisotopic (exact) mass is 268 g/mol. The van der Waals surface area contributed by atoms with E-state index >= 15 is 0 Å². The molecule has 0 saturated heterocycles. The molecular formula is C12H13BrO2. The Balaban J connectivity index is 1.95. The number of halogens is 1. The SMILES string of the molecule is Cc1cc(Br)ccc1OCC(=O)C1CC1. The molecule has 0 aliphatic heterocycles. The number of carbonyl (C=O) groups excluding carboxylic acids is 1. The van der Waals surface area contributed by atoms with E-state index < -0.39 is 0 Å². The first-order valence-electron chi connectivity index (χ1n) is 5.08. The van der Waals surface area contributed by atoms with Gasteiger partial charge >= 0.3 is 0 Å². The van der Waals surface area contributed by atoms with Gasteiger partial charge in [-0.2, -0.15) is 0 Å². The molecule has 1 aromatic rings. The second-order valence-electron chi connectivity index (χ2n) is 3.94. The van der Waals surface area contributed by atoms with Crippen molar-refractivity contribution in [3.63, 3.8) is 0 Å². The second kappa shape index (κ2) is 4.35. The molecule has 0 heterocycles. The highest BCUT2D eigenvalue weighted by Gasteiger charge is 2.29. The van der Waals surface area contributed by atoms with Gasteiger partial charge in [0.2, 0.25) is 0 Å². The fourth-order valence-electron chi connectivity index (χ4n) is 1.45. The number of hydrogen-bond acceptors (Lipinski definition) is 2. The maximum Gasteiger partial charge on any atom is 0.173 e. The lowest BCUT2D eigenvalue weighted by Crippen LogP contribution is -2.13. The third-order valence-electron chi connectivity index (χ3n) is 2.54. The summed E-state index contributed by atoms with van der Waals surface area (Å²) in [7, 11) is 0. The summed E-state index contributed by atoms with van der Waals surface area (Å²) in [4.78, 5) is 11.4. The van der Waals surface area contributed by atoms with E-state index in [1.807, 2.05) is 25.1 Å². The highest BCUT2D eigenvalue weighted by Crippen LogP contribution is 2.30. The van der Waals surface area contributed by atoms with Crippen LogP contribution in [0.2, 0.25) is 0 Å². The molecular weight excluding hydrogens is 256 g/mol. The summed E-state index contributed by atoms with van der Waals surface area (Å²) in [5.74, 6) is 1.31. The van der Waals surface area contributed by atoms with Crippen molar-refractivity contribution in [2.75, 3.05) is 6.61 Å². The zero-order valence-electron chi connectivity index (χ0n) is 8.63. The number of benzene rings is 1. The van der Waals surface area contributed by atoms with Gasteiger partial charge < -0.3 is 4.74 Å². The van der Waals surface area contributed by atoms with Gasteiger partial charge in [-0.05, 0) is 43.5 Å². The first kappa shape index (κ1) is 10.7. The average molecular weight is 269 g/mol. The molecule has 0 unspecified atom stereocenters. The average Bonchev–Trinajstić information content (AvgIpc) is 2.99. The molecule has 1 fully saturated rings. The van der Waals surface area contributed by atoms with Gasteiger partial charge in [0.05, 0.1) is 0 Å². The molecule has 1 aromatic carbocycles. The van der Waals surface area contributed by atoms with Gasteiger partial charge in [0.1, 0.15) is 12.4 Å². The molecule has 80 valence electrons. The molecule has 0 N–H and O–H groups in total. The second-order valence-corrected chi connectivity index (χ2v) is 4.85. The van der Waals surface area contributed by atoms with Gasteiger partial charge in [0.15, 0.2) is 5.78 Å². The molecule has 3 heteroatoms. The number of ether oxygens (including phenoxy) is 1. The largest absolute Gasteiger partial charge is 0.486 e. The summed E-state index contributed by atoms with van der Waals surface area (Å²) in [5.41, 5.74) is 1.05. The Morgan fingerprint density at radius 2 is 2.27 bits per heavy atom. The summed E-state index contributed by atoms with van der Waals surface area (Å²) < 4.78 is 6.51. The predicted octanol–water partition coefficient (Wildman–Crippen LogP) is 3.12. The molecule has 1 aliphatic rings. The van der Waals surface area contributed by atoms with E-state index in [9.17, 15) is 4.79 Å². The first-order valence-corrected chi connectivity index (χ1v) is 5.88. The zero-order valence-corrected chi connectivity index (χ0v) is 10.2. The smallest absolute Gasteiger partial charge is 0.173 e. The van der Waals surface area contributed by atoms with Crippen molar-refractivity contribution in [3.8, 4) is 5.75 Å². The van der Waals surface area contributed by atoms with Crippen LogP contribution in [0.5, 0.6) is 5.75 Å². The standard InChI is InChI=1S/C12H13BrO2/c1-8-6-10(13)4-5-12(8)15-7-11(14)9-2-3-9/h4-6,9H,2-3,7H2,1H3. The quantitative estimate of drug-likeness (QED) is 0.839. The van der Waals surface area contributed by atoms with Gasteiger partial charge in [-0.25, -0.2) is 0 Å². The molecule has 2 nitrogen and oxygen atoms in total. The van der Waals surface area contributed by atoms with Crippen LogP contribution in [-0.2, 0) is 4.79 Å². The van der Waals surface area contributed by atoms with Crippen LogP contribution in [0.1, 0.15) is 18.4 Å². The van der Waals surface area contributed by atoms with Crippen molar-refractivity contribution in [2.45, 2.75) is 19.8 Å². The number of aryl methyl sites for hydroxylation is 1. The van der Waals surface area contributed by atoms with Crippen molar-refractivity contribution in [2.24, 2.45) is 5.92 Å². The molecule has 2 rings (SSSR count). The van der Waals surface area contributed by atoms with Crippen LogP contribution in [0.3, 0.4) is 0 Å². The fourth-order valence-corrected chi connectivity index (χ4v) is 1.92. The van der Waals surface area contributed by atoms with E-state index in [1.165, 1.54) is 0 Å². The van der Waals surface area contributed by atoms with Crippen LogP contribution in [0.25, 0.3) is 0 Å². The fraction of sp³-hybridized carbons (Fsp3) is 0.417. The highest BCUT2D eigenvalue weighted by atomic mass is 79.9. The van der Waals surface area contributed by atoms with Crippen LogP contribution in [-0.4, -0.2) is 12.4 Å². The lowest BCUT2D eigenvalue weighted by molar-refractivity contribution is -0.122. The first-order chi connectivity index (χ1) is 7.16. The number of carbonyl (C=O) groups is 1. The maximum absolute atomic E-state index is 11.4. The van der Waals surface area contributed by atoms with E-state index in [2.05, 4.69) is 15.9 Å². The Kier molecular flexibility index (Phi) is 3.10. The van der Waals surface area contributed by atoms with Crippen LogP contribution < -0.4 is 4.74 Å².